The summed E-state index contributed by atoms with van der Waals surface area (Å²) >= 11 is 1.54. The summed E-state index contributed by atoms with van der Waals surface area (Å²) in [6, 6.07) is 14.3. The summed E-state index contributed by atoms with van der Waals surface area (Å²) in [4.78, 5) is 26.7. The summed E-state index contributed by atoms with van der Waals surface area (Å²) < 4.78 is 5.07. The highest BCUT2D eigenvalue weighted by molar-refractivity contribution is 7.10. The third kappa shape index (κ3) is 5.56. The van der Waals surface area contributed by atoms with E-state index in [1.165, 1.54) is 11.6 Å². The molecular weight excluding hydrogens is 346 g/mol. The second kappa shape index (κ2) is 9.34. The molecule has 0 radical (unpaired) electrons. The van der Waals surface area contributed by atoms with Crippen LogP contribution in [-0.4, -0.2) is 36.5 Å². The van der Waals surface area contributed by atoms with E-state index in [-0.39, 0.29) is 12.5 Å². The Bertz CT molecular complexity index is 732. The van der Waals surface area contributed by atoms with Crippen LogP contribution in [0.3, 0.4) is 0 Å². The van der Waals surface area contributed by atoms with Crippen LogP contribution in [0.5, 0.6) is 0 Å². The number of esters is 1. The van der Waals surface area contributed by atoms with Crippen LogP contribution in [0.25, 0.3) is 6.08 Å². The maximum Gasteiger partial charge on any atom is 0.331 e. The Morgan fingerprint density at radius 1 is 1.12 bits per heavy atom. The number of hydrogen-bond acceptors (Lipinski definition) is 4. The van der Waals surface area contributed by atoms with Crippen molar-refractivity contribution in [3.8, 4) is 0 Å². The van der Waals surface area contributed by atoms with Crippen molar-refractivity contribution in [3.05, 3.63) is 64.4 Å². The minimum absolute atomic E-state index is 0.110. The van der Waals surface area contributed by atoms with Gasteiger partial charge in [0.05, 0.1) is 0 Å². The van der Waals surface area contributed by atoms with E-state index in [0.29, 0.717) is 5.92 Å². The first-order valence-electron chi connectivity index (χ1n) is 8.91. The number of amides is 1. The third-order valence-corrected chi connectivity index (χ3v) is 5.44. The second-order valence-electron chi connectivity index (χ2n) is 6.47. The number of ether oxygens (including phenoxy) is 1. The first-order valence-corrected chi connectivity index (χ1v) is 9.79. The van der Waals surface area contributed by atoms with E-state index >= 15 is 0 Å². The molecule has 0 spiro atoms. The summed E-state index contributed by atoms with van der Waals surface area (Å²) in [5.41, 5.74) is 1.35. The van der Waals surface area contributed by atoms with E-state index in [2.05, 4.69) is 24.3 Å². The molecular formula is C21H23NO3S. The van der Waals surface area contributed by atoms with Gasteiger partial charge in [0.1, 0.15) is 0 Å². The monoisotopic (exact) mass is 369 g/mol. The van der Waals surface area contributed by atoms with Gasteiger partial charge in [-0.1, -0.05) is 36.4 Å². The third-order valence-electron chi connectivity index (χ3n) is 4.60. The largest absolute Gasteiger partial charge is 0.452 e. The van der Waals surface area contributed by atoms with Gasteiger partial charge >= 0.3 is 5.97 Å². The Labute approximate surface area is 158 Å². The molecule has 0 N–H and O–H groups in total. The van der Waals surface area contributed by atoms with Crippen LogP contribution < -0.4 is 0 Å². The van der Waals surface area contributed by atoms with Crippen LogP contribution in [0.15, 0.2) is 53.9 Å². The number of carbonyl (C=O) groups is 2. The molecule has 2 aromatic rings. The van der Waals surface area contributed by atoms with E-state index in [4.69, 9.17) is 4.74 Å². The maximum absolute atomic E-state index is 12.2. The molecule has 1 aliphatic heterocycles. The first-order chi connectivity index (χ1) is 12.7. The molecule has 0 saturated carbocycles. The van der Waals surface area contributed by atoms with Crippen molar-refractivity contribution in [1.82, 2.24) is 4.90 Å². The Morgan fingerprint density at radius 2 is 1.88 bits per heavy atom. The van der Waals surface area contributed by atoms with Crippen molar-refractivity contribution in [2.24, 2.45) is 5.92 Å². The molecule has 0 aliphatic carbocycles. The maximum atomic E-state index is 12.2. The lowest BCUT2D eigenvalue weighted by molar-refractivity contribution is -0.148. The molecule has 1 saturated heterocycles. The van der Waals surface area contributed by atoms with E-state index in [0.717, 1.165) is 37.2 Å². The number of thiophene rings is 1. The fraction of sp³-hybridized carbons (Fsp3) is 0.333. The molecule has 4 nitrogen and oxygen atoms in total. The molecule has 0 bridgehead atoms. The molecule has 26 heavy (non-hydrogen) atoms. The summed E-state index contributed by atoms with van der Waals surface area (Å²) in [6.45, 7) is 1.29. The highest BCUT2D eigenvalue weighted by atomic mass is 32.1. The van der Waals surface area contributed by atoms with Gasteiger partial charge in [0.2, 0.25) is 0 Å². The van der Waals surface area contributed by atoms with Crippen LogP contribution >= 0.6 is 11.3 Å². The highest BCUT2D eigenvalue weighted by Crippen LogP contribution is 2.21. The van der Waals surface area contributed by atoms with Crippen molar-refractivity contribution in [1.29, 1.82) is 0 Å². The molecule has 5 heteroatoms. The lowest BCUT2D eigenvalue weighted by Gasteiger charge is -2.32. The number of benzene rings is 1. The molecule has 1 aliphatic rings. The lowest BCUT2D eigenvalue weighted by Crippen LogP contribution is -2.41. The topological polar surface area (TPSA) is 46.6 Å². The zero-order chi connectivity index (χ0) is 18.2. The molecule has 3 rings (SSSR count). The molecule has 1 aromatic carbocycles. The Kier molecular flexibility index (Phi) is 6.61. The Balaban J connectivity index is 1.37. The quantitative estimate of drug-likeness (QED) is 0.575. The number of piperidine rings is 1. The minimum atomic E-state index is -0.481. The van der Waals surface area contributed by atoms with Gasteiger partial charge in [0, 0.05) is 24.0 Å². The zero-order valence-electron chi connectivity index (χ0n) is 14.7. The van der Waals surface area contributed by atoms with Gasteiger partial charge in [-0.05, 0) is 48.3 Å². The second-order valence-corrected chi connectivity index (χ2v) is 7.45. The fourth-order valence-electron chi connectivity index (χ4n) is 3.14. The average Bonchev–Trinajstić information content (AvgIpc) is 3.19. The number of carbonyl (C=O) groups excluding carboxylic acids is 2. The van der Waals surface area contributed by atoms with Crippen LogP contribution in [-0.2, 0) is 20.7 Å². The van der Waals surface area contributed by atoms with Gasteiger partial charge in [-0.15, -0.1) is 11.3 Å². The number of rotatable bonds is 6. The van der Waals surface area contributed by atoms with Crippen molar-refractivity contribution in [2.75, 3.05) is 19.7 Å². The van der Waals surface area contributed by atoms with Gasteiger partial charge in [0.25, 0.3) is 5.91 Å². The molecule has 1 amide bonds. The van der Waals surface area contributed by atoms with Crippen LogP contribution in [0.1, 0.15) is 23.3 Å². The van der Waals surface area contributed by atoms with Crippen LogP contribution in [0.4, 0.5) is 0 Å². The first kappa shape index (κ1) is 18.4. The summed E-state index contributed by atoms with van der Waals surface area (Å²) in [6.07, 6.45) is 6.11. The van der Waals surface area contributed by atoms with Gasteiger partial charge in [0.15, 0.2) is 6.61 Å². The SMILES string of the molecule is O=C(C=Cc1cccs1)OCC(=O)N1CCC(Cc2ccccc2)CC1. The van der Waals surface area contributed by atoms with E-state index in [9.17, 15) is 9.59 Å². The average molecular weight is 369 g/mol. The normalized spacial score (nSPS) is 15.3. The Morgan fingerprint density at radius 3 is 2.58 bits per heavy atom. The van der Waals surface area contributed by atoms with Crippen molar-refractivity contribution in [2.45, 2.75) is 19.3 Å². The van der Waals surface area contributed by atoms with E-state index < -0.39 is 5.97 Å². The van der Waals surface area contributed by atoms with E-state index in [1.54, 1.807) is 22.3 Å². The predicted octanol–water partition coefficient (Wildman–Crippen LogP) is 3.79. The Hall–Kier alpha value is -2.40. The van der Waals surface area contributed by atoms with E-state index in [1.807, 2.05) is 23.6 Å². The minimum Gasteiger partial charge on any atom is -0.452 e. The smallest absolute Gasteiger partial charge is 0.331 e. The zero-order valence-corrected chi connectivity index (χ0v) is 15.5. The van der Waals surface area contributed by atoms with Crippen LogP contribution in [0, 0.1) is 5.92 Å². The number of nitrogens with zero attached hydrogens (tertiary/aromatic N) is 1. The van der Waals surface area contributed by atoms with Crippen LogP contribution in [0.2, 0.25) is 0 Å². The molecule has 0 atom stereocenters. The van der Waals surface area contributed by atoms with Gasteiger partial charge in [-0.25, -0.2) is 4.79 Å². The summed E-state index contributed by atoms with van der Waals surface area (Å²) in [7, 11) is 0. The van der Waals surface area contributed by atoms with Gasteiger partial charge in [-0.2, -0.15) is 0 Å². The number of likely N-dealkylation sites (tertiary alicyclic amines) is 1. The van der Waals surface area contributed by atoms with Crippen molar-refractivity contribution in [3.63, 3.8) is 0 Å². The van der Waals surface area contributed by atoms with Gasteiger partial charge < -0.3 is 9.64 Å². The predicted molar refractivity (Wildman–Crippen MR) is 104 cm³/mol. The van der Waals surface area contributed by atoms with Crippen molar-refractivity contribution < 1.29 is 14.3 Å². The number of hydrogen-bond donors (Lipinski definition) is 0. The fourth-order valence-corrected chi connectivity index (χ4v) is 3.76. The molecule has 1 fully saturated rings. The standard InChI is InChI=1S/C21H23NO3S/c23-20(16-25-21(24)9-8-19-7-4-14-26-19)22-12-10-18(11-13-22)15-17-5-2-1-3-6-17/h1-9,14,18H,10-13,15-16H2. The lowest BCUT2D eigenvalue weighted by atomic mass is 9.90. The summed E-state index contributed by atoms with van der Waals surface area (Å²) in [5, 5.41) is 1.94. The molecule has 136 valence electrons. The molecule has 0 unspecified atom stereocenters. The van der Waals surface area contributed by atoms with Crippen molar-refractivity contribution >= 4 is 29.3 Å². The summed E-state index contributed by atoms with van der Waals surface area (Å²) in [5.74, 6) is 0.0180. The molecule has 2 heterocycles. The molecule has 1 aromatic heterocycles. The highest BCUT2D eigenvalue weighted by Gasteiger charge is 2.23. The van der Waals surface area contributed by atoms with Gasteiger partial charge in [-0.3, -0.25) is 4.79 Å².